The molecule has 2 heterocycles. The molecule has 3 aromatic rings. The molecule has 1 aliphatic carbocycles. The molecule has 7 heteroatoms. The summed E-state index contributed by atoms with van der Waals surface area (Å²) in [6.07, 6.45) is 8.37. The van der Waals surface area contributed by atoms with Gasteiger partial charge in [0.2, 0.25) is 0 Å². The van der Waals surface area contributed by atoms with Crippen LogP contribution in [0.25, 0.3) is 11.1 Å². The first kappa shape index (κ1) is 22.1. The van der Waals surface area contributed by atoms with Crippen LogP contribution in [0.1, 0.15) is 37.2 Å². The van der Waals surface area contributed by atoms with Gasteiger partial charge in [-0.2, -0.15) is 5.10 Å². The van der Waals surface area contributed by atoms with Crippen LogP contribution < -0.4 is 5.32 Å². The molecule has 4 rings (SSSR count). The normalized spacial score (nSPS) is 14.2. The maximum atomic E-state index is 13.2. The Balaban J connectivity index is 1.41. The van der Waals surface area contributed by atoms with Gasteiger partial charge < -0.3 is 19.5 Å². The number of rotatable bonds is 8. The van der Waals surface area contributed by atoms with Crippen molar-refractivity contribution in [3.63, 3.8) is 0 Å². The number of nitrogens with one attached hydrogen (secondary N) is 1. The predicted molar refractivity (Wildman–Crippen MR) is 126 cm³/mol. The third kappa shape index (κ3) is 5.59. The molecule has 170 valence electrons. The molecule has 1 N–H and O–H groups in total. The highest BCUT2D eigenvalue weighted by atomic mass is 16.3. The number of nitrogens with zero attached hydrogens (tertiary/aromatic N) is 4. The van der Waals surface area contributed by atoms with Crippen LogP contribution in [0.2, 0.25) is 0 Å². The van der Waals surface area contributed by atoms with Crippen molar-refractivity contribution < 1.29 is 9.21 Å². The first-order valence-corrected chi connectivity index (χ1v) is 11.4. The van der Waals surface area contributed by atoms with Gasteiger partial charge in [-0.3, -0.25) is 4.68 Å². The summed E-state index contributed by atoms with van der Waals surface area (Å²) >= 11 is 0. The minimum atomic E-state index is -0.0739. The minimum Gasteiger partial charge on any atom is -0.464 e. The van der Waals surface area contributed by atoms with E-state index in [1.807, 2.05) is 59.1 Å². The third-order valence-electron chi connectivity index (χ3n) is 6.03. The first-order chi connectivity index (χ1) is 15.5. The van der Waals surface area contributed by atoms with E-state index in [1.165, 1.54) is 12.8 Å². The summed E-state index contributed by atoms with van der Waals surface area (Å²) < 4.78 is 7.70. The number of carbonyl (C=O) groups excluding carboxylic acids is 1. The zero-order valence-electron chi connectivity index (χ0n) is 19.3. The zero-order valence-corrected chi connectivity index (χ0v) is 19.3. The van der Waals surface area contributed by atoms with Crippen LogP contribution in [0.15, 0.2) is 53.2 Å². The van der Waals surface area contributed by atoms with Gasteiger partial charge in [-0.25, -0.2) is 4.79 Å². The van der Waals surface area contributed by atoms with Crippen molar-refractivity contribution >= 4 is 11.7 Å². The molecule has 0 unspecified atom stereocenters. The molecule has 0 atom stereocenters. The van der Waals surface area contributed by atoms with Crippen molar-refractivity contribution in [2.45, 2.75) is 51.7 Å². The molecular formula is C25H33N5O2. The molecule has 1 saturated carbocycles. The van der Waals surface area contributed by atoms with Crippen molar-refractivity contribution in [2.24, 2.45) is 0 Å². The Bertz CT molecular complexity index is 1020. The average Bonchev–Trinajstić information content (AvgIpc) is 3.53. The van der Waals surface area contributed by atoms with Crippen LogP contribution in [-0.4, -0.2) is 52.3 Å². The van der Waals surface area contributed by atoms with E-state index in [0.717, 1.165) is 54.3 Å². The van der Waals surface area contributed by atoms with Crippen molar-refractivity contribution in [3.8, 4) is 11.1 Å². The Hall–Kier alpha value is -3.06. The van der Waals surface area contributed by atoms with Crippen molar-refractivity contribution in [3.05, 3.63) is 60.3 Å². The largest absolute Gasteiger partial charge is 0.464 e. The van der Waals surface area contributed by atoms with Gasteiger partial charge in [0.1, 0.15) is 11.5 Å². The number of hydrogen-bond acceptors (Lipinski definition) is 4. The van der Waals surface area contributed by atoms with Crippen LogP contribution in [0.5, 0.6) is 0 Å². The monoisotopic (exact) mass is 435 g/mol. The lowest BCUT2D eigenvalue weighted by atomic mass is 10.1. The molecule has 1 aromatic carbocycles. The quantitative estimate of drug-likeness (QED) is 0.541. The number of aryl methyl sites for hydroxylation is 1. The summed E-state index contributed by atoms with van der Waals surface area (Å²) in [4.78, 5) is 17.2. The molecule has 2 aromatic heterocycles. The number of aromatic nitrogens is 2. The smallest absolute Gasteiger partial charge is 0.322 e. The van der Waals surface area contributed by atoms with Gasteiger partial charge in [-0.05, 0) is 63.7 Å². The van der Waals surface area contributed by atoms with E-state index in [0.29, 0.717) is 6.54 Å². The average molecular weight is 436 g/mol. The summed E-state index contributed by atoms with van der Waals surface area (Å²) in [5.41, 5.74) is 2.94. The number of carbonyl (C=O) groups is 1. The Morgan fingerprint density at radius 3 is 2.53 bits per heavy atom. The SMILES string of the molecule is Cc1ccc(CN(C(=O)Nc2ccc(-c3cnn(CCN(C)C)c3)cc2)C2CCCC2)o1. The minimum absolute atomic E-state index is 0.0739. The zero-order chi connectivity index (χ0) is 22.5. The maximum Gasteiger partial charge on any atom is 0.322 e. The second-order valence-electron chi connectivity index (χ2n) is 8.88. The summed E-state index contributed by atoms with van der Waals surface area (Å²) in [5, 5.41) is 7.53. The van der Waals surface area contributed by atoms with Crippen molar-refractivity contribution in [2.75, 3.05) is 26.0 Å². The molecule has 1 aliphatic rings. The van der Waals surface area contributed by atoms with E-state index in [-0.39, 0.29) is 12.1 Å². The molecule has 32 heavy (non-hydrogen) atoms. The second kappa shape index (κ2) is 10.0. The highest BCUT2D eigenvalue weighted by Crippen LogP contribution is 2.27. The number of likely N-dealkylation sites (N-methyl/N-ethyl adjacent to an activating group) is 1. The van der Waals surface area contributed by atoms with Crippen LogP contribution in [0, 0.1) is 6.92 Å². The molecule has 0 spiro atoms. The van der Waals surface area contributed by atoms with Crippen LogP contribution in [-0.2, 0) is 13.1 Å². The first-order valence-electron chi connectivity index (χ1n) is 11.4. The molecule has 0 bridgehead atoms. The molecule has 1 fully saturated rings. The summed E-state index contributed by atoms with van der Waals surface area (Å²) in [6, 6.07) is 12.0. The maximum absolute atomic E-state index is 13.2. The highest BCUT2D eigenvalue weighted by molar-refractivity contribution is 5.89. The van der Waals surface area contributed by atoms with Gasteiger partial charge >= 0.3 is 6.03 Å². The molecule has 7 nitrogen and oxygen atoms in total. The fourth-order valence-corrected chi connectivity index (χ4v) is 4.20. The van der Waals surface area contributed by atoms with Gasteiger partial charge in [0, 0.05) is 30.0 Å². The van der Waals surface area contributed by atoms with Crippen LogP contribution in [0.3, 0.4) is 0 Å². The van der Waals surface area contributed by atoms with E-state index < -0.39 is 0 Å². The lowest BCUT2D eigenvalue weighted by Crippen LogP contribution is -2.41. The molecule has 0 aliphatic heterocycles. The van der Waals surface area contributed by atoms with Gasteiger partial charge in [0.15, 0.2) is 0 Å². The van der Waals surface area contributed by atoms with E-state index in [4.69, 9.17) is 4.42 Å². The second-order valence-corrected chi connectivity index (χ2v) is 8.88. The van der Waals surface area contributed by atoms with Crippen LogP contribution in [0.4, 0.5) is 10.5 Å². The van der Waals surface area contributed by atoms with E-state index in [2.05, 4.69) is 35.6 Å². The highest BCUT2D eigenvalue weighted by Gasteiger charge is 2.27. The lowest BCUT2D eigenvalue weighted by Gasteiger charge is -2.28. The third-order valence-corrected chi connectivity index (χ3v) is 6.03. The number of furan rings is 1. The van der Waals surface area contributed by atoms with Gasteiger partial charge in [-0.15, -0.1) is 0 Å². The molecule has 0 radical (unpaired) electrons. The number of urea groups is 1. The van der Waals surface area contributed by atoms with Crippen molar-refractivity contribution in [1.82, 2.24) is 19.6 Å². The number of amides is 2. The van der Waals surface area contributed by atoms with E-state index in [9.17, 15) is 4.79 Å². The van der Waals surface area contributed by atoms with E-state index >= 15 is 0 Å². The van der Waals surface area contributed by atoms with Gasteiger partial charge in [0.25, 0.3) is 0 Å². The fraction of sp³-hybridized carbons (Fsp3) is 0.440. The summed E-state index contributed by atoms with van der Waals surface area (Å²) in [5.74, 6) is 1.69. The topological polar surface area (TPSA) is 66.5 Å². The standard InChI is InChI=1S/C25H33N5O2/c1-19-8-13-24(32-19)18-30(23-6-4-5-7-23)25(31)27-22-11-9-20(10-12-22)21-16-26-29(17-21)15-14-28(2)3/h8-13,16-17,23H,4-7,14-15,18H2,1-3H3,(H,27,31). The number of benzene rings is 1. The number of hydrogen-bond donors (Lipinski definition) is 1. The Morgan fingerprint density at radius 2 is 1.88 bits per heavy atom. The summed E-state index contributed by atoms with van der Waals surface area (Å²) in [6.45, 7) is 4.22. The van der Waals surface area contributed by atoms with Crippen molar-refractivity contribution in [1.29, 1.82) is 0 Å². The van der Waals surface area contributed by atoms with Gasteiger partial charge in [-0.1, -0.05) is 25.0 Å². The fourth-order valence-electron chi connectivity index (χ4n) is 4.20. The van der Waals surface area contributed by atoms with Crippen LogP contribution >= 0.6 is 0 Å². The number of anilines is 1. The Kier molecular flexibility index (Phi) is 6.95. The van der Waals surface area contributed by atoms with Gasteiger partial charge in [0.05, 0.1) is 19.3 Å². The summed E-state index contributed by atoms with van der Waals surface area (Å²) in [7, 11) is 4.11. The Labute approximate surface area is 190 Å². The molecule has 0 saturated heterocycles. The lowest BCUT2D eigenvalue weighted by molar-refractivity contribution is 0.178. The Morgan fingerprint density at radius 1 is 1.12 bits per heavy atom. The predicted octanol–water partition coefficient (Wildman–Crippen LogP) is 4.99. The van der Waals surface area contributed by atoms with E-state index in [1.54, 1.807) is 0 Å². The molecular weight excluding hydrogens is 402 g/mol. The molecule has 2 amide bonds.